The fraction of sp³-hybridized carbons (Fsp3) is 0.346. The van der Waals surface area contributed by atoms with Gasteiger partial charge in [0.1, 0.15) is 6.29 Å². The standard InChI is InChI=1S/C20H24.C4H8.C2H4O/c1-2-3-4-5-12-17-20(18-13-8-6-9-14-18)19-15-10-7-11-16-19;1-3-4-2;1-2-3/h4-11,13-16,20H,2-3,12,17H2,1H3;3H,1,4H2,2H3;2H,1H3/b5-4-;;. The molecule has 1 nitrogen and oxygen atoms in total. The lowest BCUT2D eigenvalue weighted by Gasteiger charge is -2.17. The fourth-order valence-electron chi connectivity index (χ4n) is 2.56. The Balaban J connectivity index is 0.000000836. The number of rotatable bonds is 8. The molecule has 1 heteroatoms. The topological polar surface area (TPSA) is 17.1 Å². The normalized spacial score (nSPS) is 9.78. The molecule has 0 saturated heterocycles. The SMILES string of the molecule is C=CCC.CC=O.CCC/C=C\CCC(c1ccccc1)c1ccccc1. The molecule has 0 amide bonds. The number of aldehydes is 1. The van der Waals surface area contributed by atoms with E-state index in [1.807, 2.05) is 6.08 Å². The van der Waals surface area contributed by atoms with E-state index in [1.165, 1.54) is 37.3 Å². The van der Waals surface area contributed by atoms with E-state index in [1.54, 1.807) is 0 Å². The molecule has 27 heavy (non-hydrogen) atoms. The first-order valence-corrected chi connectivity index (χ1v) is 10.0. The molecule has 0 radical (unpaired) electrons. The van der Waals surface area contributed by atoms with E-state index < -0.39 is 0 Å². The smallest absolute Gasteiger partial charge is 0.116 e. The number of hydrogen-bond acceptors (Lipinski definition) is 1. The summed E-state index contributed by atoms with van der Waals surface area (Å²) >= 11 is 0. The minimum absolute atomic E-state index is 0.503. The van der Waals surface area contributed by atoms with Crippen LogP contribution < -0.4 is 0 Å². The van der Waals surface area contributed by atoms with Gasteiger partial charge in [0, 0.05) is 5.92 Å². The zero-order chi connectivity index (χ0) is 20.2. The quantitative estimate of drug-likeness (QED) is 0.346. The Kier molecular flexibility index (Phi) is 16.7. The van der Waals surface area contributed by atoms with Crippen LogP contribution in [0.1, 0.15) is 69.9 Å². The average Bonchev–Trinajstić information content (AvgIpc) is 2.73. The molecule has 0 heterocycles. The van der Waals surface area contributed by atoms with Gasteiger partial charge in [-0.3, -0.25) is 0 Å². The molecule has 2 aromatic carbocycles. The summed E-state index contributed by atoms with van der Waals surface area (Å²) in [6.07, 6.45) is 13.1. The number of benzene rings is 2. The number of hydrogen-bond donors (Lipinski definition) is 0. The van der Waals surface area contributed by atoms with E-state index in [2.05, 4.69) is 93.2 Å². The van der Waals surface area contributed by atoms with Gasteiger partial charge in [-0.25, -0.2) is 0 Å². The molecule has 2 aromatic rings. The summed E-state index contributed by atoms with van der Waals surface area (Å²) in [5.41, 5.74) is 2.84. The van der Waals surface area contributed by atoms with Crippen molar-refractivity contribution in [2.75, 3.05) is 0 Å². The zero-order valence-electron chi connectivity index (χ0n) is 17.3. The van der Waals surface area contributed by atoms with Gasteiger partial charge in [-0.1, -0.05) is 99.2 Å². The average molecular weight is 365 g/mol. The Hall–Kier alpha value is -2.41. The molecule has 146 valence electrons. The maximum atomic E-state index is 8.81. The summed E-state index contributed by atoms with van der Waals surface area (Å²) < 4.78 is 0. The van der Waals surface area contributed by atoms with E-state index in [-0.39, 0.29) is 0 Å². The summed E-state index contributed by atoms with van der Waals surface area (Å²) in [6.45, 7) is 9.21. The molecule has 0 unspecified atom stereocenters. The lowest BCUT2D eigenvalue weighted by Crippen LogP contribution is -2.00. The maximum Gasteiger partial charge on any atom is 0.116 e. The third kappa shape index (κ3) is 12.6. The van der Waals surface area contributed by atoms with E-state index in [0.29, 0.717) is 5.92 Å². The Labute approximate surface area is 166 Å². The molecule has 0 bridgehead atoms. The van der Waals surface area contributed by atoms with Crippen molar-refractivity contribution in [3.63, 3.8) is 0 Å². The van der Waals surface area contributed by atoms with Crippen LogP contribution in [0.3, 0.4) is 0 Å². The minimum Gasteiger partial charge on any atom is -0.304 e. The first kappa shape index (κ1) is 24.6. The molecule has 0 fully saturated rings. The van der Waals surface area contributed by atoms with Gasteiger partial charge in [0.25, 0.3) is 0 Å². The molecular formula is C26H36O. The van der Waals surface area contributed by atoms with Gasteiger partial charge in [-0.05, 0) is 43.7 Å². The molecule has 0 N–H and O–H groups in total. The van der Waals surface area contributed by atoms with Crippen molar-refractivity contribution in [1.82, 2.24) is 0 Å². The number of allylic oxidation sites excluding steroid dienone is 3. The largest absolute Gasteiger partial charge is 0.304 e. The maximum absolute atomic E-state index is 8.81. The molecule has 0 saturated carbocycles. The Morgan fingerprint density at radius 1 is 0.852 bits per heavy atom. The predicted molar refractivity (Wildman–Crippen MR) is 120 cm³/mol. The lowest BCUT2D eigenvalue weighted by molar-refractivity contribution is -0.106. The van der Waals surface area contributed by atoms with E-state index in [4.69, 9.17) is 4.79 Å². The molecule has 0 aliphatic carbocycles. The highest BCUT2D eigenvalue weighted by molar-refractivity contribution is 5.44. The Morgan fingerprint density at radius 3 is 1.63 bits per heavy atom. The van der Waals surface area contributed by atoms with E-state index >= 15 is 0 Å². The van der Waals surface area contributed by atoms with Crippen molar-refractivity contribution < 1.29 is 4.79 Å². The van der Waals surface area contributed by atoms with Crippen LogP contribution in [0.2, 0.25) is 0 Å². The van der Waals surface area contributed by atoms with E-state index in [9.17, 15) is 0 Å². The highest BCUT2D eigenvalue weighted by Crippen LogP contribution is 2.29. The molecule has 0 aliphatic rings. The van der Waals surface area contributed by atoms with E-state index in [0.717, 1.165) is 19.1 Å². The zero-order valence-corrected chi connectivity index (χ0v) is 17.3. The second kappa shape index (κ2) is 18.4. The van der Waals surface area contributed by atoms with Gasteiger partial charge < -0.3 is 4.79 Å². The molecule has 0 spiro atoms. The highest BCUT2D eigenvalue weighted by Gasteiger charge is 2.12. The second-order valence-electron chi connectivity index (χ2n) is 6.14. The molecular weight excluding hydrogens is 328 g/mol. The van der Waals surface area contributed by atoms with Crippen molar-refractivity contribution in [3.8, 4) is 0 Å². The monoisotopic (exact) mass is 364 g/mol. The van der Waals surface area contributed by atoms with Gasteiger partial charge in [0.05, 0.1) is 0 Å². The fourth-order valence-corrected chi connectivity index (χ4v) is 2.56. The first-order valence-electron chi connectivity index (χ1n) is 10.0. The molecule has 0 aromatic heterocycles. The van der Waals surface area contributed by atoms with Crippen molar-refractivity contribution in [2.24, 2.45) is 0 Å². The van der Waals surface area contributed by atoms with Crippen molar-refractivity contribution in [3.05, 3.63) is 96.6 Å². The van der Waals surface area contributed by atoms with Crippen LogP contribution in [-0.4, -0.2) is 6.29 Å². The summed E-state index contributed by atoms with van der Waals surface area (Å²) in [4.78, 5) is 8.81. The van der Waals surface area contributed by atoms with Crippen molar-refractivity contribution in [1.29, 1.82) is 0 Å². The van der Waals surface area contributed by atoms with Crippen LogP contribution in [0.25, 0.3) is 0 Å². The third-order valence-electron chi connectivity index (χ3n) is 3.94. The highest BCUT2D eigenvalue weighted by atomic mass is 16.1. The van der Waals surface area contributed by atoms with Crippen LogP contribution in [0.5, 0.6) is 0 Å². The minimum atomic E-state index is 0.503. The van der Waals surface area contributed by atoms with Crippen LogP contribution in [0.15, 0.2) is 85.5 Å². The van der Waals surface area contributed by atoms with Gasteiger partial charge in [0.15, 0.2) is 0 Å². The van der Waals surface area contributed by atoms with Gasteiger partial charge in [-0.15, -0.1) is 6.58 Å². The summed E-state index contributed by atoms with van der Waals surface area (Å²) in [5, 5.41) is 0. The third-order valence-corrected chi connectivity index (χ3v) is 3.94. The summed E-state index contributed by atoms with van der Waals surface area (Å²) in [7, 11) is 0. The number of carbonyl (C=O) groups excluding carboxylic acids is 1. The van der Waals surface area contributed by atoms with Gasteiger partial charge in [-0.2, -0.15) is 0 Å². The molecule has 0 atom stereocenters. The second-order valence-corrected chi connectivity index (χ2v) is 6.14. The number of carbonyl (C=O) groups is 1. The summed E-state index contributed by atoms with van der Waals surface area (Å²) in [5.74, 6) is 0.503. The first-order chi connectivity index (χ1) is 13.2. The lowest BCUT2D eigenvalue weighted by atomic mass is 9.87. The Bertz CT molecular complexity index is 559. The van der Waals surface area contributed by atoms with Crippen LogP contribution >= 0.6 is 0 Å². The Morgan fingerprint density at radius 2 is 1.26 bits per heavy atom. The molecule has 2 rings (SSSR count). The van der Waals surface area contributed by atoms with Crippen LogP contribution in [-0.2, 0) is 4.79 Å². The van der Waals surface area contributed by atoms with Gasteiger partial charge in [0.2, 0.25) is 0 Å². The molecule has 0 aliphatic heterocycles. The predicted octanol–water partition coefficient (Wildman–Crippen LogP) is 7.74. The number of unbranched alkanes of at least 4 members (excludes halogenated alkanes) is 1. The van der Waals surface area contributed by atoms with Crippen molar-refractivity contribution in [2.45, 2.75) is 58.8 Å². The van der Waals surface area contributed by atoms with Gasteiger partial charge >= 0.3 is 0 Å². The van der Waals surface area contributed by atoms with Crippen molar-refractivity contribution >= 4 is 6.29 Å². The summed E-state index contributed by atoms with van der Waals surface area (Å²) in [6, 6.07) is 21.7. The van der Waals surface area contributed by atoms with Crippen LogP contribution in [0, 0.1) is 0 Å². The van der Waals surface area contributed by atoms with Crippen LogP contribution in [0.4, 0.5) is 0 Å².